The molecule has 1 aliphatic heterocycles. The maximum atomic E-state index is 11.8. The zero-order valence-corrected chi connectivity index (χ0v) is 11.5. The third-order valence-electron chi connectivity index (χ3n) is 3.39. The summed E-state index contributed by atoms with van der Waals surface area (Å²) in [5, 5.41) is 5.49. The van der Waals surface area contributed by atoms with Gasteiger partial charge < -0.3 is 10.6 Å². The minimum atomic E-state index is -0.0636. The Labute approximate surface area is 109 Å². The molecule has 0 bridgehead atoms. The van der Waals surface area contributed by atoms with Gasteiger partial charge in [0.2, 0.25) is 11.8 Å². The van der Waals surface area contributed by atoms with Crippen LogP contribution in [0.1, 0.15) is 39.5 Å². The molecule has 0 spiro atoms. The molecule has 104 valence electrons. The summed E-state index contributed by atoms with van der Waals surface area (Å²) in [4.78, 5) is 24.7. The smallest absolute Gasteiger partial charge is 0.234 e. The van der Waals surface area contributed by atoms with Crippen molar-refractivity contribution in [1.29, 1.82) is 0 Å². The third-order valence-corrected chi connectivity index (χ3v) is 3.39. The van der Waals surface area contributed by atoms with Gasteiger partial charge in [-0.3, -0.25) is 14.5 Å². The molecule has 1 fully saturated rings. The van der Waals surface area contributed by atoms with E-state index in [1.54, 1.807) is 0 Å². The van der Waals surface area contributed by atoms with Crippen LogP contribution < -0.4 is 10.6 Å². The van der Waals surface area contributed by atoms with Gasteiger partial charge >= 0.3 is 0 Å². The Kier molecular flexibility index (Phi) is 6.72. The lowest BCUT2D eigenvalue weighted by Crippen LogP contribution is -2.46. The Bertz CT molecular complexity index is 281. The van der Waals surface area contributed by atoms with Crippen molar-refractivity contribution in [1.82, 2.24) is 15.5 Å². The molecule has 1 aliphatic rings. The number of amides is 2. The second-order valence-corrected chi connectivity index (χ2v) is 4.86. The van der Waals surface area contributed by atoms with E-state index in [2.05, 4.69) is 22.5 Å². The van der Waals surface area contributed by atoms with E-state index in [-0.39, 0.29) is 11.8 Å². The van der Waals surface area contributed by atoms with E-state index < -0.39 is 0 Å². The van der Waals surface area contributed by atoms with Gasteiger partial charge in [0, 0.05) is 26.1 Å². The summed E-state index contributed by atoms with van der Waals surface area (Å²) in [5.74, 6) is -0.00738. The summed E-state index contributed by atoms with van der Waals surface area (Å²) in [6.45, 7) is 6.16. The minimum Gasteiger partial charge on any atom is -0.355 e. The van der Waals surface area contributed by atoms with Crippen molar-refractivity contribution in [3.63, 3.8) is 0 Å². The molecule has 0 saturated carbocycles. The third kappa shape index (κ3) is 5.49. The quantitative estimate of drug-likeness (QED) is 0.680. The second kappa shape index (κ2) is 8.08. The van der Waals surface area contributed by atoms with Crippen LogP contribution in [0.2, 0.25) is 0 Å². The first-order chi connectivity index (χ1) is 8.63. The van der Waals surface area contributed by atoms with E-state index in [9.17, 15) is 9.59 Å². The molecule has 2 amide bonds. The van der Waals surface area contributed by atoms with Crippen molar-refractivity contribution < 1.29 is 9.59 Å². The summed E-state index contributed by atoms with van der Waals surface area (Å²) in [6.07, 6.45) is 4.78. The molecular formula is C13H25N3O2. The van der Waals surface area contributed by atoms with Crippen molar-refractivity contribution in [3.05, 3.63) is 0 Å². The first-order valence-corrected chi connectivity index (χ1v) is 6.88. The highest BCUT2D eigenvalue weighted by Gasteiger charge is 2.22. The number of likely N-dealkylation sites (tertiary alicyclic amines) is 1. The fourth-order valence-corrected chi connectivity index (χ4v) is 2.41. The SMILES string of the molecule is CC[C@@H]1CCCCN1CC(=O)NCCNC(C)=O. The van der Waals surface area contributed by atoms with Crippen molar-refractivity contribution in [2.45, 2.75) is 45.6 Å². The first kappa shape index (κ1) is 15.0. The van der Waals surface area contributed by atoms with E-state index in [0.29, 0.717) is 25.7 Å². The maximum Gasteiger partial charge on any atom is 0.234 e. The molecule has 0 radical (unpaired) electrons. The van der Waals surface area contributed by atoms with Gasteiger partial charge in [-0.15, -0.1) is 0 Å². The van der Waals surface area contributed by atoms with Gasteiger partial charge in [0.15, 0.2) is 0 Å². The van der Waals surface area contributed by atoms with Crippen LogP contribution in [-0.2, 0) is 9.59 Å². The Morgan fingerprint density at radius 2 is 1.94 bits per heavy atom. The summed E-state index contributed by atoms with van der Waals surface area (Å²) in [7, 11) is 0. The van der Waals surface area contributed by atoms with Crippen LogP contribution in [0.5, 0.6) is 0 Å². The molecule has 2 N–H and O–H groups in total. The number of piperidine rings is 1. The number of rotatable bonds is 6. The van der Waals surface area contributed by atoms with Crippen LogP contribution in [0.25, 0.3) is 0 Å². The Morgan fingerprint density at radius 1 is 1.22 bits per heavy atom. The second-order valence-electron chi connectivity index (χ2n) is 4.86. The van der Waals surface area contributed by atoms with Gasteiger partial charge in [0.1, 0.15) is 0 Å². The molecule has 1 heterocycles. The fraction of sp³-hybridized carbons (Fsp3) is 0.846. The number of hydrogen-bond acceptors (Lipinski definition) is 3. The highest BCUT2D eigenvalue weighted by atomic mass is 16.2. The normalized spacial score (nSPS) is 20.4. The molecule has 18 heavy (non-hydrogen) atoms. The number of hydrogen-bond donors (Lipinski definition) is 2. The van der Waals surface area contributed by atoms with Crippen molar-refractivity contribution >= 4 is 11.8 Å². The van der Waals surface area contributed by atoms with Crippen LogP contribution in [0.3, 0.4) is 0 Å². The van der Waals surface area contributed by atoms with Gasteiger partial charge in [-0.05, 0) is 25.8 Å². The fourth-order valence-electron chi connectivity index (χ4n) is 2.41. The van der Waals surface area contributed by atoms with Crippen LogP contribution in [0.4, 0.5) is 0 Å². The van der Waals surface area contributed by atoms with E-state index in [1.165, 1.54) is 26.2 Å². The topological polar surface area (TPSA) is 61.4 Å². The molecule has 1 atom stereocenters. The van der Waals surface area contributed by atoms with Crippen LogP contribution in [0.15, 0.2) is 0 Å². The molecule has 0 aliphatic carbocycles. The van der Waals surface area contributed by atoms with Crippen molar-refractivity contribution in [3.8, 4) is 0 Å². The van der Waals surface area contributed by atoms with Gasteiger partial charge in [-0.1, -0.05) is 13.3 Å². The molecule has 0 unspecified atom stereocenters. The lowest BCUT2D eigenvalue weighted by atomic mass is 10.0. The predicted octanol–water partition coefficient (Wildman–Crippen LogP) is 0.503. The minimum absolute atomic E-state index is 0.0562. The molecule has 0 aromatic rings. The Balaban J connectivity index is 2.19. The standard InChI is InChI=1S/C13H25N3O2/c1-3-12-6-4-5-9-16(12)10-13(18)15-8-7-14-11(2)17/h12H,3-10H2,1-2H3,(H,14,17)(H,15,18)/t12-/m1/s1. The number of nitrogens with zero attached hydrogens (tertiary/aromatic N) is 1. The number of carbonyl (C=O) groups is 2. The molecule has 5 heteroatoms. The number of nitrogens with one attached hydrogen (secondary N) is 2. The van der Waals surface area contributed by atoms with Crippen molar-refractivity contribution in [2.24, 2.45) is 0 Å². The Morgan fingerprint density at radius 3 is 2.61 bits per heavy atom. The Hall–Kier alpha value is -1.10. The molecule has 1 rings (SSSR count). The van der Waals surface area contributed by atoms with E-state index in [4.69, 9.17) is 0 Å². The lowest BCUT2D eigenvalue weighted by Gasteiger charge is -2.34. The number of carbonyl (C=O) groups excluding carboxylic acids is 2. The predicted molar refractivity (Wildman–Crippen MR) is 71.2 cm³/mol. The molecule has 0 aromatic heterocycles. The van der Waals surface area contributed by atoms with E-state index in [1.807, 2.05) is 0 Å². The van der Waals surface area contributed by atoms with E-state index >= 15 is 0 Å². The van der Waals surface area contributed by atoms with E-state index in [0.717, 1.165) is 13.0 Å². The summed E-state index contributed by atoms with van der Waals surface area (Å²) in [6, 6.07) is 0.555. The van der Waals surface area contributed by atoms with Gasteiger partial charge in [0.25, 0.3) is 0 Å². The van der Waals surface area contributed by atoms with Crippen LogP contribution in [0, 0.1) is 0 Å². The summed E-state index contributed by atoms with van der Waals surface area (Å²) < 4.78 is 0. The summed E-state index contributed by atoms with van der Waals surface area (Å²) in [5.41, 5.74) is 0. The van der Waals surface area contributed by atoms with Gasteiger partial charge in [-0.2, -0.15) is 0 Å². The zero-order valence-electron chi connectivity index (χ0n) is 11.5. The monoisotopic (exact) mass is 255 g/mol. The van der Waals surface area contributed by atoms with Crippen LogP contribution in [-0.4, -0.2) is 48.9 Å². The zero-order chi connectivity index (χ0) is 13.4. The average molecular weight is 255 g/mol. The molecule has 5 nitrogen and oxygen atoms in total. The van der Waals surface area contributed by atoms with Gasteiger partial charge in [0.05, 0.1) is 6.54 Å². The molecule has 0 aromatic carbocycles. The van der Waals surface area contributed by atoms with Crippen LogP contribution >= 0.6 is 0 Å². The van der Waals surface area contributed by atoms with Crippen molar-refractivity contribution in [2.75, 3.05) is 26.2 Å². The molecule has 1 saturated heterocycles. The largest absolute Gasteiger partial charge is 0.355 e. The maximum absolute atomic E-state index is 11.8. The lowest BCUT2D eigenvalue weighted by molar-refractivity contribution is -0.123. The van der Waals surface area contributed by atoms with Gasteiger partial charge in [-0.25, -0.2) is 0 Å². The average Bonchev–Trinajstić information content (AvgIpc) is 2.35. The summed E-state index contributed by atoms with van der Waals surface area (Å²) >= 11 is 0. The molecular weight excluding hydrogens is 230 g/mol. The first-order valence-electron chi connectivity index (χ1n) is 6.88. The highest BCUT2D eigenvalue weighted by Crippen LogP contribution is 2.18. The highest BCUT2D eigenvalue weighted by molar-refractivity contribution is 5.78.